The van der Waals surface area contributed by atoms with Gasteiger partial charge in [0.1, 0.15) is 0 Å². The molecule has 3 heterocycles. The Labute approximate surface area is 244 Å². The molecule has 13 heteroatoms. The molecule has 0 atom stereocenters. The van der Waals surface area contributed by atoms with Gasteiger partial charge in [0, 0.05) is 61.2 Å². The Hall–Kier alpha value is -0.920. The van der Waals surface area contributed by atoms with Gasteiger partial charge in [-0.05, 0) is 60.0 Å². The fourth-order valence-electron chi connectivity index (χ4n) is 1.60. The standard InChI is InChI=1S/C7H9N3S.C6H6ClN.C6H7NS.C2H6O.ClH.Na.2H2O/c8-7(9)11-5-6-1-3-10-4-2-6;7-5-6-1-3-8-4-2-6;8-5-6-1-3-7-4-2-6;1-2-3;;;;/h1-4H,5H2,(H3,8,9);1-4H,5H2;1-4,8H,5H2;3H,2H2,1H3;1H;;2*1H2/q;;;;;+1;;/p-1. The molecule has 0 amide bonds. The molecule has 3 aromatic heterocycles. The molecule has 0 aliphatic carbocycles. The van der Waals surface area contributed by atoms with Crippen LogP contribution in [0.3, 0.4) is 0 Å². The first-order chi connectivity index (χ1) is 14.6. The van der Waals surface area contributed by atoms with E-state index in [9.17, 15) is 0 Å². The van der Waals surface area contributed by atoms with Gasteiger partial charge in [-0.25, -0.2) is 0 Å². The summed E-state index contributed by atoms with van der Waals surface area (Å²) in [7, 11) is 0. The van der Waals surface area contributed by atoms with Crippen molar-refractivity contribution in [2.75, 3.05) is 6.61 Å². The van der Waals surface area contributed by atoms with E-state index in [0.717, 1.165) is 22.6 Å². The second-order valence-electron chi connectivity index (χ2n) is 5.33. The summed E-state index contributed by atoms with van der Waals surface area (Å²) >= 11 is 10.9. The fourth-order valence-corrected chi connectivity index (χ4v) is 2.50. The maximum absolute atomic E-state index is 7.57. The number of hydrogen-bond acceptors (Lipinski definition) is 8. The number of hydrogen-bond donors (Lipinski definition) is 4. The SMILES string of the molecule is CCO.Cl.ClCc1ccncc1.N=C(N)SCc1ccncc1.O.SCc1ccncc1.[Na+].[OH-]. The topological polar surface area (TPSA) is 170 Å². The molecule has 0 saturated carbocycles. The van der Waals surface area contributed by atoms with Crippen molar-refractivity contribution in [3.05, 3.63) is 90.3 Å². The van der Waals surface area contributed by atoms with Crippen LogP contribution < -0.4 is 35.3 Å². The average Bonchev–Trinajstić information content (AvgIpc) is 2.81. The number of thiol groups is 1. The van der Waals surface area contributed by atoms with Crippen LogP contribution in [0.25, 0.3) is 0 Å². The van der Waals surface area contributed by atoms with Crippen LogP contribution in [0.5, 0.6) is 0 Å². The van der Waals surface area contributed by atoms with E-state index in [4.69, 9.17) is 27.9 Å². The van der Waals surface area contributed by atoms with E-state index in [1.807, 2.05) is 36.4 Å². The van der Waals surface area contributed by atoms with Gasteiger partial charge in [0.15, 0.2) is 5.17 Å². The summed E-state index contributed by atoms with van der Waals surface area (Å²) < 4.78 is 0. The Kier molecular flexibility index (Phi) is 40.7. The number of aromatic nitrogens is 3. The van der Waals surface area contributed by atoms with Crippen molar-refractivity contribution in [2.24, 2.45) is 5.73 Å². The van der Waals surface area contributed by atoms with Crippen LogP contribution in [0, 0.1) is 5.41 Å². The molecule has 0 saturated heterocycles. The van der Waals surface area contributed by atoms with Crippen LogP contribution in [0.2, 0.25) is 0 Å². The number of alkyl halides is 1. The first kappa shape index (κ1) is 43.2. The Bertz CT molecular complexity index is 748. The molecule has 8 nitrogen and oxygen atoms in total. The first-order valence-corrected chi connectivity index (χ1v) is 11.1. The van der Waals surface area contributed by atoms with E-state index in [1.165, 1.54) is 17.3 Å². The summed E-state index contributed by atoms with van der Waals surface area (Å²) in [5, 5.41) is 14.7. The molecule has 0 fully saturated rings. The van der Waals surface area contributed by atoms with Crippen molar-refractivity contribution in [1.82, 2.24) is 15.0 Å². The minimum atomic E-state index is 0. The summed E-state index contributed by atoms with van der Waals surface area (Å²) in [6.45, 7) is 1.93. The van der Waals surface area contributed by atoms with Crippen molar-refractivity contribution in [1.29, 1.82) is 5.41 Å². The maximum atomic E-state index is 7.57. The summed E-state index contributed by atoms with van der Waals surface area (Å²) in [5.74, 6) is 2.11. The van der Waals surface area contributed by atoms with E-state index in [1.54, 1.807) is 44.1 Å². The number of aliphatic hydroxyl groups is 1. The number of nitrogens with two attached hydrogens (primary N) is 1. The summed E-state index contributed by atoms with van der Waals surface area (Å²) in [6.07, 6.45) is 10.5. The van der Waals surface area contributed by atoms with Crippen molar-refractivity contribution in [3.8, 4) is 0 Å². The number of pyridine rings is 3. The molecule has 7 N–H and O–H groups in total. The van der Waals surface area contributed by atoms with E-state index < -0.39 is 0 Å². The third kappa shape index (κ3) is 27.3. The monoisotopic (exact) mass is 559 g/mol. The Morgan fingerprint density at radius 2 is 1.26 bits per heavy atom. The molecular formula is C21H32Cl2N5NaO3S2. The number of thioether (sulfide) groups is 1. The molecule has 0 aliphatic heterocycles. The van der Waals surface area contributed by atoms with Gasteiger partial charge >= 0.3 is 29.6 Å². The normalized spacial score (nSPS) is 7.88. The molecule has 34 heavy (non-hydrogen) atoms. The van der Waals surface area contributed by atoms with Gasteiger partial charge in [-0.3, -0.25) is 20.4 Å². The zero-order valence-corrected chi connectivity index (χ0v) is 24.5. The van der Waals surface area contributed by atoms with E-state index in [2.05, 4.69) is 27.6 Å². The molecule has 0 radical (unpaired) electrons. The second kappa shape index (κ2) is 32.1. The quantitative estimate of drug-likeness (QED) is 0.121. The van der Waals surface area contributed by atoms with Gasteiger partial charge in [-0.2, -0.15) is 12.6 Å². The molecule has 0 bridgehead atoms. The predicted octanol–water partition coefficient (Wildman–Crippen LogP) is 0.963. The zero-order valence-electron chi connectivity index (χ0n) is 19.2. The molecule has 3 aromatic rings. The number of nitrogens with zero attached hydrogens (tertiary/aromatic N) is 3. The van der Waals surface area contributed by atoms with Crippen LogP contribution in [-0.2, 0) is 17.4 Å². The van der Waals surface area contributed by atoms with Gasteiger partial charge in [-0.1, -0.05) is 11.8 Å². The van der Waals surface area contributed by atoms with Crippen LogP contribution in [0.1, 0.15) is 23.6 Å². The number of amidine groups is 1. The Morgan fingerprint density at radius 1 is 0.941 bits per heavy atom. The van der Waals surface area contributed by atoms with E-state index in [-0.39, 0.29) is 64.7 Å². The minimum Gasteiger partial charge on any atom is -0.870 e. The summed E-state index contributed by atoms with van der Waals surface area (Å²) in [4.78, 5) is 11.6. The van der Waals surface area contributed by atoms with E-state index in [0.29, 0.717) is 5.88 Å². The van der Waals surface area contributed by atoms with Gasteiger partial charge in [0.2, 0.25) is 0 Å². The molecule has 0 spiro atoms. The number of rotatable bonds is 4. The van der Waals surface area contributed by atoms with Gasteiger partial charge in [-0.15, -0.1) is 24.0 Å². The van der Waals surface area contributed by atoms with E-state index >= 15 is 0 Å². The molecule has 0 aliphatic rings. The molecular weight excluding hydrogens is 528 g/mol. The average molecular weight is 561 g/mol. The smallest absolute Gasteiger partial charge is 0.870 e. The Morgan fingerprint density at radius 3 is 1.50 bits per heavy atom. The van der Waals surface area contributed by atoms with Gasteiger partial charge < -0.3 is 21.8 Å². The summed E-state index contributed by atoms with van der Waals surface area (Å²) in [5.41, 5.74) is 8.63. The molecule has 0 aromatic carbocycles. The third-order valence-corrected chi connectivity index (χ3v) is 4.44. The van der Waals surface area contributed by atoms with Crippen LogP contribution in [0.15, 0.2) is 73.6 Å². The summed E-state index contributed by atoms with van der Waals surface area (Å²) in [6, 6.07) is 11.5. The van der Waals surface area contributed by atoms with Crippen molar-refractivity contribution in [3.63, 3.8) is 0 Å². The van der Waals surface area contributed by atoms with Crippen LogP contribution in [-0.4, -0.2) is 42.8 Å². The number of nitrogens with one attached hydrogen (secondary N) is 1. The molecule has 3 rings (SSSR count). The van der Waals surface area contributed by atoms with Crippen molar-refractivity contribution in [2.45, 2.75) is 24.3 Å². The van der Waals surface area contributed by atoms with Crippen LogP contribution >= 0.6 is 48.4 Å². The fraction of sp³-hybridized carbons (Fsp3) is 0.238. The maximum Gasteiger partial charge on any atom is 1.00 e. The number of halogens is 2. The Balaban J connectivity index is -0.000000112. The third-order valence-electron chi connectivity index (χ3n) is 2.98. The first-order valence-electron chi connectivity index (χ1n) is 8.98. The largest absolute Gasteiger partial charge is 1.00 e. The van der Waals surface area contributed by atoms with Crippen molar-refractivity contribution >= 4 is 53.6 Å². The number of aliphatic hydroxyl groups excluding tert-OH is 1. The van der Waals surface area contributed by atoms with Crippen molar-refractivity contribution < 1.29 is 45.6 Å². The zero-order chi connectivity index (χ0) is 22.5. The molecule has 186 valence electrons. The predicted molar refractivity (Wildman–Crippen MR) is 144 cm³/mol. The van der Waals surface area contributed by atoms with Crippen LogP contribution in [0.4, 0.5) is 0 Å². The minimum absolute atomic E-state index is 0. The van der Waals surface area contributed by atoms with Gasteiger partial charge in [0.05, 0.1) is 0 Å². The molecule has 0 unspecified atom stereocenters. The van der Waals surface area contributed by atoms with Gasteiger partial charge in [0.25, 0.3) is 0 Å². The second-order valence-corrected chi connectivity index (χ2v) is 6.93.